The Bertz CT molecular complexity index is 1640. The van der Waals surface area contributed by atoms with Crippen molar-refractivity contribution in [3.8, 4) is 0 Å². The second-order valence-corrected chi connectivity index (χ2v) is 12.7. The molecule has 5 N–H and O–H groups in total. The van der Waals surface area contributed by atoms with Gasteiger partial charge in [0.25, 0.3) is 0 Å². The lowest BCUT2D eigenvalue weighted by molar-refractivity contribution is -0.302. The van der Waals surface area contributed by atoms with Crippen molar-refractivity contribution in [2.75, 3.05) is 21.7 Å². The number of carbonyl (C=O) groups excluding carboxylic acids is 2. The van der Waals surface area contributed by atoms with Crippen molar-refractivity contribution in [2.24, 2.45) is 0 Å². The van der Waals surface area contributed by atoms with Gasteiger partial charge in [-0.3, -0.25) is 10.1 Å². The van der Waals surface area contributed by atoms with Crippen LogP contribution in [0.3, 0.4) is 0 Å². The minimum atomic E-state index is -4.49. The largest absolute Gasteiger partial charge is 0.398 e. The van der Waals surface area contributed by atoms with Crippen molar-refractivity contribution >= 4 is 57.6 Å². The van der Waals surface area contributed by atoms with Crippen LogP contribution >= 0.6 is 22.7 Å². The molecule has 268 valence electrons. The fraction of sp³-hybridized carbons (Fsp3) is 0.429. The zero-order valence-corrected chi connectivity index (χ0v) is 29.3. The summed E-state index contributed by atoms with van der Waals surface area (Å²) in [5.41, 5.74) is 5.47. The Morgan fingerprint density at radius 2 is 1.10 bits per heavy atom. The van der Waals surface area contributed by atoms with Gasteiger partial charge < -0.3 is 16.4 Å². The maximum absolute atomic E-state index is 12.9. The van der Waals surface area contributed by atoms with Gasteiger partial charge in [0.05, 0.1) is 19.0 Å². The van der Waals surface area contributed by atoms with E-state index < -0.39 is 41.7 Å². The van der Waals surface area contributed by atoms with E-state index in [0.717, 1.165) is 23.6 Å². The van der Waals surface area contributed by atoms with E-state index in [9.17, 15) is 35.9 Å². The Labute approximate surface area is 290 Å². The van der Waals surface area contributed by atoms with Gasteiger partial charge in [-0.25, -0.2) is 4.79 Å². The summed E-state index contributed by atoms with van der Waals surface area (Å²) in [5, 5.41) is 11.7. The van der Waals surface area contributed by atoms with Gasteiger partial charge in [-0.1, -0.05) is 12.1 Å². The van der Waals surface area contributed by atoms with Crippen molar-refractivity contribution in [2.45, 2.75) is 77.8 Å². The Balaban J connectivity index is 0.000000309. The lowest BCUT2D eigenvalue weighted by atomic mass is 10.1. The standard InChI is InChI=1S/C14H16F3N5OS.C12H14F3N5S.C2H4ClO/c1-7(14(15,16)17)11-20-12(22-13(21-11)19-9(3)23)18-8(2)10-5-4-6-24-10;1-6(12(13,14)15)9-18-10(16)20-11(19-9)17-7(2)8-4-3-5-21-8;1-2(3)4/h4-8H,1-3H3,(H2,18,19,20,21,22,23);3-7H,1-2H3,(H3,16,17,18,19,20);3H,1H3/q;;+1. The maximum atomic E-state index is 12.9. The minimum absolute atomic E-state index is 0.0271. The zero-order valence-electron chi connectivity index (χ0n) is 26.8. The lowest BCUT2D eigenvalue weighted by Gasteiger charge is -2.17. The molecule has 21 heteroatoms. The maximum Gasteiger partial charge on any atom is 0.398 e. The first kappa shape index (κ1) is 41.0. The Morgan fingerprint density at radius 1 is 0.714 bits per heavy atom. The van der Waals surface area contributed by atoms with Gasteiger partial charge in [0.15, 0.2) is 11.6 Å². The van der Waals surface area contributed by atoms with Crippen LogP contribution in [0.4, 0.5) is 50.1 Å². The normalized spacial score (nSPS) is 13.7. The van der Waals surface area contributed by atoms with Gasteiger partial charge in [-0.2, -0.15) is 56.2 Å². The number of thiophene rings is 2. The van der Waals surface area contributed by atoms with Gasteiger partial charge in [0.2, 0.25) is 29.7 Å². The number of hydrogen-bond acceptors (Lipinski definition) is 13. The number of halogens is 7. The van der Waals surface area contributed by atoms with Crippen LogP contribution in [0.5, 0.6) is 0 Å². The molecule has 0 spiro atoms. The fourth-order valence-corrected chi connectivity index (χ4v) is 4.90. The molecule has 0 radical (unpaired) electrons. The first-order chi connectivity index (χ1) is 22.7. The van der Waals surface area contributed by atoms with Gasteiger partial charge in [-0.15, -0.1) is 22.7 Å². The van der Waals surface area contributed by atoms with Crippen molar-refractivity contribution in [3.05, 3.63) is 56.4 Å². The second kappa shape index (κ2) is 18.0. The minimum Gasteiger partial charge on any atom is -0.368 e. The molecule has 0 aliphatic rings. The van der Waals surface area contributed by atoms with E-state index in [2.05, 4.69) is 57.5 Å². The molecule has 4 heterocycles. The molecule has 0 aliphatic heterocycles. The molecule has 1 amide bonds. The third-order valence-corrected chi connectivity index (χ3v) is 8.11. The number of amides is 1. The van der Waals surface area contributed by atoms with Crippen LogP contribution in [0.25, 0.3) is 0 Å². The molecule has 0 aliphatic carbocycles. The van der Waals surface area contributed by atoms with Crippen molar-refractivity contribution < 1.29 is 47.5 Å². The summed E-state index contributed by atoms with van der Waals surface area (Å²) in [6, 6.07) is 7.21. The molecular formula is C28H34ClF6N10O2S2+. The highest BCUT2D eigenvalue weighted by atomic mass is 35.5. The first-order valence-corrected chi connectivity index (χ1v) is 16.3. The molecule has 4 atom stereocenters. The van der Waals surface area contributed by atoms with Gasteiger partial charge in [0, 0.05) is 16.7 Å². The number of nitrogens with zero attached hydrogens (tertiary/aromatic N) is 6. The molecule has 4 rings (SSSR count). The number of rotatable bonds is 9. The highest BCUT2D eigenvalue weighted by Gasteiger charge is 2.40. The highest BCUT2D eigenvalue weighted by molar-refractivity contribution is 7.10. The smallest absolute Gasteiger partial charge is 0.368 e. The fourth-order valence-electron chi connectivity index (χ4n) is 3.43. The molecule has 0 fully saturated rings. The second-order valence-electron chi connectivity index (χ2n) is 10.2. The van der Waals surface area contributed by atoms with E-state index in [0.29, 0.717) is 0 Å². The average Bonchev–Trinajstić information content (AvgIpc) is 3.70. The van der Waals surface area contributed by atoms with Gasteiger partial charge >= 0.3 is 17.6 Å². The molecular weight excluding hydrogens is 722 g/mol. The number of anilines is 4. The molecule has 12 nitrogen and oxygen atoms in total. The summed E-state index contributed by atoms with van der Waals surface area (Å²) in [7, 11) is 0. The van der Waals surface area contributed by atoms with Gasteiger partial charge in [0.1, 0.15) is 23.5 Å². The molecule has 0 aromatic carbocycles. The number of nitrogens with two attached hydrogens (primary N) is 1. The SMILES string of the molecule is CC(=O)Nc1nc(NC(C)c2cccs2)nc(C(C)C(F)(F)F)n1.CC(=O)[ClH+].CC(Nc1nc(N)nc(C(C)C(F)(F)F)n1)c1cccs1. The van der Waals surface area contributed by atoms with Crippen LogP contribution in [0.15, 0.2) is 35.0 Å². The van der Waals surface area contributed by atoms with Crippen molar-refractivity contribution in [1.82, 2.24) is 29.9 Å². The molecule has 49 heavy (non-hydrogen) atoms. The van der Waals surface area contributed by atoms with Crippen LogP contribution in [-0.2, 0) is 9.59 Å². The zero-order chi connectivity index (χ0) is 37.1. The third-order valence-electron chi connectivity index (χ3n) is 6.00. The van der Waals surface area contributed by atoms with Crippen LogP contribution in [0.2, 0.25) is 0 Å². The predicted octanol–water partition coefficient (Wildman–Crippen LogP) is 6.90. The monoisotopic (exact) mass is 755 g/mol. The molecule has 0 saturated heterocycles. The molecule has 4 unspecified atom stereocenters. The van der Waals surface area contributed by atoms with E-state index in [1.54, 1.807) is 0 Å². The number of hydrogen-bond donors (Lipinski definition) is 4. The number of alkyl halides is 6. The lowest BCUT2D eigenvalue weighted by Crippen LogP contribution is -2.23. The summed E-state index contributed by atoms with van der Waals surface area (Å²) in [6.07, 6.45) is -8.92. The molecule has 4 aromatic rings. The topological polar surface area (TPSA) is 174 Å². The number of carbonyl (C=O) groups is 2. The van der Waals surface area contributed by atoms with E-state index >= 15 is 0 Å². The summed E-state index contributed by atoms with van der Waals surface area (Å²) in [5.74, 6) is -5.47. The summed E-state index contributed by atoms with van der Waals surface area (Å²) >= 11 is 7.00. The van der Waals surface area contributed by atoms with E-state index in [1.807, 2.05) is 48.9 Å². The van der Waals surface area contributed by atoms with Crippen LogP contribution in [0, 0.1) is 11.6 Å². The van der Waals surface area contributed by atoms with E-state index in [4.69, 9.17) is 5.73 Å². The van der Waals surface area contributed by atoms with Crippen LogP contribution in [-0.4, -0.2) is 53.4 Å². The Hall–Kier alpha value is -4.17. The van der Waals surface area contributed by atoms with Crippen molar-refractivity contribution in [3.63, 3.8) is 0 Å². The Kier molecular flexibility index (Phi) is 15.1. The van der Waals surface area contributed by atoms with E-state index in [-0.39, 0.29) is 41.1 Å². The number of aromatic nitrogens is 6. The average molecular weight is 756 g/mol. The summed E-state index contributed by atoms with van der Waals surface area (Å²) in [4.78, 5) is 45.1. The predicted molar refractivity (Wildman–Crippen MR) is 172 cm³/mol. The van der Waals surface area contributed by atoms with E-state index in [1.165, 1.54) is 36.5 Å². The van der Waals surface area contributed by atoms with Crippen LogP contribution in [0.1, 0.15) is 86.9 Å². The molecule has 0 bridgehead atoms. The van der Waals surface area contributed by atoms with Crippen molar-refractivity contribution in [1.29, 1.82) is 0 Å². The quantitative estimate of drug-likeness (QED) is 0.103. The van der Waals surface area contributed by atoms with Gasteiger partial charge in [-0.05, 0) is 50.6 Å². The summed E-state index contributed by atoms with van der Waals surface area (Å²) in [6.45, 7) is 8.20. The Morgan fingerprint density at radius 3 is 1.47 bits per heavy atom. The highest BCUT2D eigenvalue weighted by Crippen LogP contribution is 2.34. The first-order valence-electron chi connectivity index (χ1n) is 14.1. The number of nitrogens with one attached hydrogen (secondary N) is 3. The summed E-state index contributed by atoms with van der Waals surface area (Å²) < 4.78 is 77.0. The third kappa shape index (κ3) is 14.1. The molecule has 4 aromatic heterocycles. The number of nitrogen functional groups attached to an aromatic ring is 1. The van der Waals surface area contributed by atoms with Crippen LogP contribution < -0.4 is 21.7 Å². The molecule has 0 saturated carbocycles.